The molecule has 0 saturated carbocycles. The molecule has 2 atom stereocenters. The molecular weight excluding hydrogens is 592 g/mol. The molecule has 0 N–H and O–H groups in total. The average Bonchev–Trinajstić information content (AvgIpc) is 3.46. The van der Waals surface area contributed by atoms with Crippen LogP contribution in [0.1, 0.15) is 84.1 Å². The highest BCUT2D eigenvalue weighted by Crippen LogP contribution is 2.39. The van der Waals surface area contributed by atoms with Crippen LogP contribution in [0.4, 0.5) is 5.82 Å². The molecule has 4 aromatic rings. The second kappa shape index (κ2) is 13.3. The van der Waals surface area contributed by atoms with Crippen molar-refractivity contribution in [3.05, 3.63) is 65.9 Å². The van der Waals surface area contributed by atoms with E-state index in [1.807, 2.05) is 56.5 Å². The number of methoxy groups -OCH3 is 1. The Kier molecular flexibility index (Phi) is 9.31. The highest BCUT2D eigenvalue weighted by molar-refractivity contribution is 5.81. The van der Waals surface area contributed by atoms with E-state index in [1.54, 1.807) is 0 Å². The van der Waals surface area contributed by atoms with Crippen LogP contribution in [0, 0.1) is 6.92 Å². The molecule has 3 aliphatic heterocycles. The molecular formula is C38H48N4O5. The Morgan fingerprint density at radius 2 is 1.79 bits per heavy atom. The van der Waals surface area contributed by atoms with E-state index >= 15 is 0 Å². The van der Waals surface area contributed by atoms with E-state index in [0.29, 0.717) is 23.5 Å². The van der Waals surface area contributed by atoms with E-state index in [1.165, 1.54) is 7.11 Å². The van der Waals surface area contributed by atoms with Gasteiger partial charge in [-0.2, -0.15) is 9.61 Å². The van der Waals surface area contributed by atoms with Gasteiger partial charge in [-0.3, -0.25) is 0 Å². The summed E-state index contributed by atoms with van der Waals surface area (Å²) in [5, 5.41) is 5.17. The topological polar surface area (TPSA) is 87.4 Å². The quantitative estimate of drug-likeness (QED) is 0.210. The van der Waals surface area contributed by atoms with E-state index in [0.717, 1.165) is 79.1 Å². The van der Waals surface area contributed by atoms with Crippen molar-refractivity contribution in [2.45, 2.75) is 97.1 Å². The molecule has 2 aromatic heterocycles. The molecule has 2 aromatic carbocycles. The lowest BCUT2D eigenvalue weighted by Crippen LogP contribution is -2.46. The minimum absolute atomic E-state index is 0.0835. The van der Waals surface area contributed by atoms with Gasteiger partial charge in [0, 0.05) is 42.6 Å². The van der Waals surface area contributed by atoms with E-state index in [2.05, 4.69) is 49.1 Å². The highest BCUT2D eigenvalue weighted by Gasteiger charge is 2.38. The third-order valence-electron chi connectivity index (χ3n) is 9.21. The first-order chi connectivity index (χ1) is 22.4. The van der Waals surface area contributed by atoms with Crippen molar-refractivity contribution in [1.82, 2.24) is 14.6 Å². The molecule has 9 heteroatoms. The van der Waals surface area contributed by atoms with Gasteiger partial charge in [-0.25, -0.2) is 9.78 Å². The number of aromatic nitrogens is 3. The van der Waals surface area contributed by atoms with Crippen molar-refractivity contribution in [3.8, 4) is 28.1 Å². The monoisotopic (exact) mass is 640 g/mol. The summed E-state index contributed by atoms with van der Waals surface area (Å²) in [5.74, 6) is 1.21. The summed E-state index contributed by atoms with van der Waals surface area (Å²) in [6.07, 6.45) is 3.75. The van der Waals surface area contributed by atoms with Gasteiger partial charge in [0.05, 0.1) is 35.7 Å². The maximum atomic E-state index is 13.4. The molecule has 5 heterocycles. The molecule has 0 amide bonds. The van der Waals surface area contributed by atoms with Crippen LogP contribution in [0.15, 0.2) is 54.6 Å². The average molecular weight is 641 g/mol. The van der Waals surface area contributed by atoms with Crippen molar-refractivity contribution >= 4 is 17.4 Å². The van der Waals surface area contributed by atoms with Crippen molar-refractivity contribution in [3.63, 3.8) is 0 Å². The van der Waals surface area contributed by atoms with Crippen LogP contribution in [0.3, 0.4) is 0 Å². The summed E-state index contributed by atoms with van der Waals surface area (Å²) < 4.78 is 26.6. The maximum absolute atomic E-state index is 13.4. The number of anilines is 1. The zero-order chi connectivity index (χ0) is 33.3. The van der Waals surface area contributed by atoms with Crippen molar-refractivity contribution < 1.29 is 23.7 Å². The first-order valence-electron chi connectivity index (χ1n) is 16.9. The van der Waals surface area contributed by atoms with Crippen LogP contribution in [-0.2, 0) is 19.0 Å². The van der Waals surface area contributed by atoms with Crippen molar-refractivity contribution in [1.29, 1.82) is 0 Å². The predicted molar refractivity (Wildman–Crippen MR) is 184 cm³/mol. The fourth-order valence-electron chi connectivity index (χ4n) is 6.67. The predicted octanol–water partition coefficient (Wildman–Crippen LogP) is 7.73. The molecule has 0 radical (unpaired) electrons. The van der Waals surface area contributed by atoms with Crippen LogP contribution >= 0.6 is 0 Å². The number of para-hydroxylation sites is 1. The summed E-state index contributed by atoms with van der Waals surface area (Å²) in [6.45, 7) is 14.3. The van der Waals surface area contributed by atoms with Crippen LogP contribution in [0.5, 0.6) is 5.75 Å². The Morgan fingerprint density at radius 3 is 2.53 bits per heavy atom. The fraction of sp³-hybridized carbons (Fsp3) is 0.500. The lowest BCUT2D eigenvalue weighted by atomic mass is 9.92. The number of nitrogens with zero attached hydrogens (tertiary/aromatic N) is 4. The van der Waals surface area contributed by atoms with Gasteiger partial charge in [-0.1, -0.05) is 36.4 Å². The molecule has 3 aliphatic rings. The molecule has 1 saturated heterocycles. The van der Waals surface area contributed by atoms with Gasteiger partial charge in [0.2, 0.25) is 0 Å². The third-order valence-corrected chi connectivity index (χ3v) is 9.21. The Morgan fingerprint density at radius 1 is 1.04 bits per heavy atom. The molecule has 0 aliphatic carbocycles. The first kappa shape index (κ1) is 33.0. The van der Waals surface area contributed by atoms with Crippen molar-refractivity contribution in [2.75, 3.05) is 31.7 Å². The number of hydrogen-bond acceptors (Lipinski definition) is 8. The second-order valence-electron chi connectivity index (χ2n) is 14.2. The van der Waals surface area contributed by atoms with Gasteiger partial charge in [-0.05, 0) is 91.3 Å². The van der Waals surface area contributed by atoms with Crippen LogP contribution in [0.25, 0.3) is 28.0 Å². The number of carbonyl (C=O) groups is 1. The Bertz CT molecular complexity index is 1730. The summed E-state index contributed by atoms with van der Waals surface area (Å²) in [6, 6.07) is 18.6. The third kappa shape index (κ3) is 7.16. The van der Waals surface area contributed by atoms with Crippen LogP contribution in [-0.4, -0.2) is 64.7 Å². The molecule has 6 bridgehead atoms. The van der Waals surface area contributed by atoms with Gasteiger partial charge < -0.3 is 23.8 Å². The van der Waals surface area contributed by atoms with Crippen molar-refractivity contribution in [2.24, 2.45) is 0 Å². The molecule has 0 spiro atoms. The summed E-state index contributed by atoms with van der Waals surface area (Å²) in [5.41, 5.74) is 5.08. The summed E-state index contributed by atoms with van der Waals surface area (Å²) in [4.78, 5) is 20.7. The Labute approximate surface area is 278 Å². The largest absolute Gasteiger partial charge is 0.490 e. The number of piperidine rings is 1. The smallest absolute Gasteiger partial charge is 0.339 e. The van der Waals surface area contributed by atoms with Gasteiger partial charge >= 0.3 is 5.97 Å². The summed E-state index contributed by atoms with van der Waals surface area (Å²) >= 11 is 0. The van der Waals surface area contributed by atoms with Crippen LogP contribution in [0.2, 0.25) is 0 Å². The lowest BCUT2D eigenvalue weighted by Gasteiger charge is -2.41. The second-order valence-corrected chi connectivity index (χ2v) is 14.2. The number of esters is 1. The zero-order valence-electron chi connectivity index (χ0n) is 28.8. The molecule has 9 nitrogen and oxygen atoms in total. The van der Waals surface area contributed by atoms with Gasteiger partial charge in [-0.15, -0.1) is 0 Å². The number of aryl methyl sites for hydroxylation is 1. The van der Waals surface area contributed by atoms with E-state index in [-0.39, 0.29) is 11.7 Å². The number of benzene rings is 2. The minimum atomic E-state index is -0.975. The SMILES string of the molecule is COC(=O)[C@@H](OC(C)(C)C)c1c(C)nc2cc3nn2c1N1CCC(C)(CC1)OCCCC[C@@H](C)Oc1ccccc1-c1cccc-3c1. The van der Waals surface area contributed by atoms with E-state index in [4.69, 9.17) is 29.0 Å². The molecule has 1 fully saturated rings. The van der Waals surface area contributed by atoms with E-state index in [9.17, 15) is 4.79 Å². The Balaban J connectivity index is 1.53. The van der Waals surface area contributed by atoms with Crippen LogP contribution < -0.4 is 9.64 Å². The molecule has 47 heavy (non-hydrogen) atoms. The molecule has 0 unspecified atom stereocenters. The Hall–Kier alpha value is -3.95. The normalized spacial score (nSPS) is 21.3. The number of carbonyl (C=O) groups excluding carboxylic acids is 1. The van der Waals surface area contributed by atoms with Gasteiger partial charge in [0.25, 0.3) is 0 Å². The number of rotatable bonds is 3. The van der Waals surface area contributed by atoms with E-state index < -0.39 is 17.7 Å². The zero-order valence-corrected chi connectivity index (χ0v) is 28.8. The summed E-state index contributed by atoms with van der Waals surface area (Å²) in [7, 11) is 1.40. The maximum Gasteiger partial charge on any atom is 0.339 e. The molecule has 250 valence electrons. The molecule has 7 rings (SSSR count). The lowest BCUT2D eigenvalue weighted by molar-refractivity contribution is -0.164. The fourth-order valence-corrected chi connectivity index (χ4v) is 6.67. The number of ether oxygens (including phenoxy) is 4. The van der Waals surface area contributed by atoms with Gasteiger partial charge in [0.1, 0.15) is 11.6 Å². The van der Waals surface area contributed by atoms with Gasteiger partial charge in [0.15, 0.2) is 11.8 Å². The first-order valence-corrected chi connectivity index (χ1v) is 16.9. The number of fused-ring (bicyclic) bond motifs is 8. The highest BCUT2D eigenvalue weighted by atomic mass is 16.6. The standard InChI is InChI=1S/C38H48N4O5/c1-25-13-10-11-22-45-38(6)18-20-41(21-19-38)35-33(34(36(43)44-7)47-37(3,4)5)26(2)39-32-24-30(40-42(32)35)28-15-12-14-27(23-28)29-16-8-9-17-31(29)46-25/h8-9,12,14-17,23-25,34H,10-11,13,18-22H2,1-7H3/t25-,34+/m1/s1. The number of hydrogen-bond donors (Lipinski definition) is 0. The minimum Gasteiger partial charge on any atom is -0.490 e.